The van der Waals surface area contributed by atoms with Crippen molar-refractivity contribution in [2.45, 2.75) is 44.6 Å². The predicted molar refractivity (Wildman–Crippen MR) is 107 cm³/mol. The first-order chi connectivity index (χ1) is 12.7. The number of hydrogen-bond donors (Lipinski definition) is 1. The van der Waals surface area contributed by atoms with Crippen LogP contribution in [0.15, 0.2) is 30.3 Å². The zero-order valence-electron chi connectivity index (χ0n) is 15.8. The van der Waals surface area contributed by atoms with E-state index in [1.807, 2.05) is 16.5 Å². The monoisotopic (exact) mass is 389 g/mol. The number of benzene rings is 1. The van der Waals surface area contributed by atoms with Crippen LogP contribution in [0.1, 0.15) is 59.4 Å². The van der Waals surface area contributed by atoms with Crippen molar-refractivity contribution in [3.63, 3.8) is 0 Å². The molecule has 0 radical (unpaired) electrons. The van der Waals surface area contributed by atoms with Gasteiger partial charge in [-0.3, -0.25) is 4.79 Å². The minimum Gasteiger partial charge on any atom is -0.337 e. The van der Waals surface area contributed by atoms with Gasteiger partial charge in [0.1, 0.15) is 0 Å². The fourth-order valence-corrected chi connectivity index (χ4v) is 4.23. The molecule has 1 N–H and O–H groups in total. The SMILES string of the molecule is Cc1c(C(=O)N2CCC(c3ccccc3)CC2)nnn1C1CCNCC1.Cl. The van der Waals surface area contributed by atoms with Gasteiger partial charge in [-0.1, -0.05) is 35.5 Å². The van der Waals surface area contributed by atoms with Crippen LogP contribution in [0, 0.1) is 6.92 Å². The van der Waals surface area contributed by atoms with Crippen LogP contribution in [-0.4, -0.2) is 52.0 Å². The molecule has 2 fully saturated rings. The van der Waals surface area contributed by atoms with Gasteiger partial charge < -0.3 is 10.2 Å². The highest BCUT2D eigenvalue weighted by Crippen LogP contribution is 2.29. The number of carbonyl (C=O) groups is 1. The Morgan fingerprint density at radius 3 is 2.41 bits per heavy atom. The lowest BCUT2D eigenvalue weighted by Gasteiger charge is -2.32. The van der Waals surface area contributed by atoms with Gasteiger partial charge in [0.15, 0.2) is 5.69 Å². The summed E-state index contributed by atoms with van der Waals surface area (Å²) in [4.78, 5) is 14.9. The third-order valence-corrected chi connectivity index (χ3v) is 5.84. The lowest BCUT2D eigenvalue weighted by atomic mass is 9.89. The summed E-state index contributed by atoms with van der Waals surface area (Å²) in [7, 11) is 0. The highest BCUT2D eigenvalue weighted by molar-refractivity contribution is 5.93. The van der Waals surface area contributed by atoms with Crippen LogP contribution in [0.25, 0.3) is 0 Å². The molecule has 3 heterocycles. The second kappa shape index (κ2) is 8.85. The summed E-state index contributed by atoms with van der Waals surface area (Å²) in [5, 5.41) is 11.9. The Bertz CT molecular complexity index is 749. The number of aromatic nitrogens is 3. The number of amides is 1. The van der Waals surface area contributed by atoms with Crippen LogP contribution in [0.2, 0.25) is 0 Å². The molecule has 2 aliphatic rings. The normalized spacial score (nSPS) is 18.9. The van der Waals surface area contributed by atoms with Crippen LogP contribution >= 0.6 is 12.4 Å². The lowest BCUT2D eigenvalue weighted by Crippen LogP contribution is -2.38. The summed E-state index contributed by atoms with van der Waals surface area (Å²) >= 11 is 0. The molecule has 1 amide bonds. The van der Waals surface area contributed by atoms with Crippen LogP contribution < -0.4 is 5.32 Å². The smallest absolute Gasteiger partial charge is 0.276 e. The zero-order valence-corrected chi connectivity index (χ0v) is 16.6. The predicted octanol–water partition coefficient (Wildman–Crippen LogP) is 2.95. The second-order valence-electron chi connectivity index (χ2n) is 7.43. The highest BCUT2D eigenvalue weighted by atomic mass is 35.5. The molecular weight excluding hydrogens is 362 g/mol. The van der Waals surface area contributed by atoms with Crippen LogP contribution in [0.4, 0.5) is 0 Å². The molecule has 6 nitrogen and oxygen atoms in total. The average molecular weight is 390 g/mol. The van der Waals surface area contributed by atoms with Crippen LogP contribution in [0.5, 0.6) is 0 Å². The van der Waals surface area contributed by atoms with E-state index in [1.165, 1.54) is 5.56 Å². The molecule has 27 heavy (non-hydrogen) atoms. The quantitative estimate of drug-likeness (QED) is 0.876. The first-order valence-corrected chi connectivity index (χ1v) is 9.71. The standard InChI is InChI=1S/C20H27N5O.ClH/c1-15-19(22-23-25(15)18-7-11-21-12-8-18)20(26)24-13-9-17(10-14-24)16-5-3-2-4-6-16;/h2-6,17-18,21H,7-14H2,1H3;1H. The number of rotatable bonds is 3. The molecule has 0 saturated carbocycles. The number of nitrogens with zero attached hydrogens (tertiary/aromatic N) is 4. The Morgan fingerprint density at radius 1 is 1.07 bits per heavy atom. The van der Waals surface area contributed by atoms with Gasteiger partial charge in [0, 0.05) is 13.1 Å². The van der Waals surface area contributed by atoms with E-state index >= 15 is 0 Å². The summed E-state index contributed by atoms with van der Waals surface area (Å²) in [6, 6.07) is 11.0. The Hall–Kier alpha value is -1.92. The van der Waals surface area contributed by atoms with Crippen molar-refractivity contribution in [2.75, 3.05) is 26.2 Å². The maximum absolute atomic E-state index is 13.0. The van der Waals surface area contributed by atoms with Gasteiger partial charge in [-0.25, -0.2) is 4.68 Å². The van der Waals surface area contributed by atoms with Gasteiger partial charge in [-0.05, 0) is 57.2 Å². The molecule has 7 heteroatoms. The van der Waals surface area contributed by atoms with Crippen molar-refractivity contribution in [1.82, 2.24) is 25.2 Å². The molecule has 2 aromatic rings. The third kappa shape index (κ3) is 4.17. The van der Waals surface area contributed by atoms with Crippen molar-refractivity contribution in [2.24, 2.45) is 0 Å². The summed E-state index contributed by atoms with van der Waals surface area (Å²) in [5.41, 5.74) is 2.82. The van der Waals surface area contributed by atoms with E-state index in [4.69, 9.17) is 0 Å². The molecule has 0 atom stereocenters. The fraction of sp³-hybridized carbons (Fsp3) is 0.550. The number of piperidine rings is 2. The summed E-state index contributed by atoms with van der Waals surface area (Å²) in [5.74, 6) is 0.584. The summed E-state index contributed by atoms with van der Waals surface area (Å²) in [6.45, 7) is 5.56. The zero-order chi connectivity index (χ0) is 17.9. The Labute approximate surface area is 166 Å². The van der Waals surface area contributed by atoms with E-state index in [0.717, 1.165) is 57.6 Å². The van der Waals surface area contributed by atoms with Gasteiger partial charge in [0.2, 0.25) is 0 Å². The largest absolute Gasteiger partial charge is 0.337 e. The van der Waals surface area contributed by atoms with Gasteiger partial charge in [-0.2, -0.15) is 0 Å². The molecule has 2 aliphatic heterocycles. The Balaban J connectivity index is 0.00000210. The minimum absolute atomic E-state index is 0. The number of halogens is 1. The molecule has 2 saturated heterocycles. The summed E-state index contributed by atoms with van der Waals surface area (Å²) < 4.78 is 1.96. The van der Waals surface area contributed by atoms with E-state index in [0.29, 0.717) is 17.7 Å². The minimum atomic E-state index is 0. The molecule has 4 rings (SSSR count). The number of likely N-dealkylation sites (tertiary alicyclic amines) is 1. The molecule has 0 bridgehead atoms. The Morgan fingerprint density at radius 2 is 1.74 bits per heavy atom. The van der Waals surface area contributed by atoms with Crippen molar-refractivity contribution >= 4 is 18.3 Å². The van der Waals surface area contributed by atoms with Crippen molar-refractivity contribution in [3.05, 3.63) is 47.3 Å². The van der Waals surface area contributed by atoms with E-state index in [1.54, 1.807) is 0 Å². The first kappa shape index (κ1) is 19.8. The molecule has 0 aliphatic carbocycles. The molecule has 0 spiro atoms. The average Bonchev–Trinajstić information content (AvgIpc) is 3.10. The lowest BCUT2D eigenvalue weighted by molar-refractivity contribution is 0.0706. The van der Waals surface area contributed by atoms with Crippen LogP contribution in [0.3, 0.4) is 0 Å². The first-order valence-electron chi connectivity index (χ1n) is 9.71. The molecule has 1 aromatic heterocycles. The van der Waals surface area contributed by atoms with E-state index in [-0.39, 0.29) is 18.3 Å². The molecular formula is C20H28ClN5O. The number of hydrogen-bond acceptors (Lipinski definition) is 4. The second-order valence-corrected chi connectivity index (χ2v) is 7.43. The van der Waals surface area contributed by atoms with Crippen molar-refractivity contribution in [3.8, 4) is 0 Å². The number of nitrogens with one attached hydrogen (secondary N) is 1. The Kier molecular flexibility index (Phi) is 6.50. The maximum atomic E-state index is 13.0. The molecule has 146 valence electrons. The summed E-state index contributed by atoms with van der Waals surface area (Å²) in [6.07, 6.45) is 4.11. The maximum Gasteiger partial charge on any atom is 0.276 e. The van der Waals surface area contributed by atoms with E-state index in [2.05, 4.69) is 46.0 Å². The topological polar surface area (TPSA) is 63.1 Å². The fourth-order valence-electron chi connectivity index (χ4n) is 4.23. The van der Waals surface area contributed by atoms with Crippen LogP contribution in [-0.2, 0) is 0 Å². The molecule has 1 aromatic carbocycles. The van der Waals surface area contributed by atoms with Crippen molar-refractivity contribution in [1.29, 1.82) is 0 Å². The van der Waals surface area contributed by atoms with Gasteiger partial charge in [0.05, 0.1) is 11.7 Å². The highest BCUT2D eigenvalue weighted by Gasteiger charge is 2.29. The number of carbonyl (C=O) groups excluding carboxylic acids is 1. The van der Waals surface area contributed by atoms with Crippen molar-refractivity contribution < 1.29 is 4.79 Å². The van der Waals surface area contributed by atoms with Gasteiger partial charge in [-0.15, -0.1) is 17.5 Å². The van der Waals surface area contributed by atoms with E-state index < -0.39 is 0 Å². The van der Waals surface area contributed by atoms with E-state index in [9.17, 15) is 4.79 Å². The third-order valence-electron chi connectivity index (χ3n) is 5.84. The van der Waals surface area contributed by atoms with Gasteiger partial charge in [0.25, 0.3) is 5.91 Å². The molecule has 0 unspecified atom stereocenters. The van der Waals surface area contributed by atoms with Gasteiger partial charge >= 0.3 is 0 Å².